The summed E-state index contributed by atoms with van der Waals surface area (Å²) in [5.74, 6) is 1.39. The molecule has 7 rings (SSSR count). The van der Waals surface area contributed by atoms with Crippen molar-refractivity contribution >= 4 is 28.7 Å². The number of amides is 1. The molecule has 0 atom stereocenters. The number of hydrogen-bond donors (Lipinski definition) is 0. The molecule has 180 valence electrons. The number of rotatable bonds is 6. The highest BCUT2D eigenvalue weighted by Crippen LogP contribution is 2.43. The Labute approximate surface area is 212 Å². The Hall–Kier alpha value is -3.65. The van der Waals surface area contributed by atoms with Crippen LogP contribution in [0.4, 0.5) is 5.69 Å². The first-order chi connectivity index (χ1) is 17.7. The van der Waals surface area contributed by atoms with E-state index in [0.29, 0.717) is 48.6 Å². The van der Waals surface area contributed by atoms with E-state index in [2.05, 4.69) is 20.8 Å². The van der Waals surface area contributed by atoms with Gasteiger partial charge in [-0.1, -0.05) is 24.3 Å². The second-order valence-electron chi connectivity index (χ2n) is 9.96. The predicted octanol–water partition coefficient (Wildman–Crippen LogP) is 5.59. The molecule has 0 saturated heterocycles. The molecule has 36 heavy (non-hydrogen) atoms. The van der Waals surface area contributed by atoms with Crippen LogP contribution in [0.15, 0.2) is 54.9 Å². The van der Waals surface area contributed by atoms with E-state index >= 15 is 0 Å². The van der Waals surface area contributed by atoms with Gasteiger partial charge in [0.25, 0.3) is 5.91 Å². The number of anilines is 1. The van der Waals surface area contributed by atoms with Gasteiger partial charge in [-0.15, -0.1) is 21.5 Å². The molecule has 1 amide bonds. The number of aromatic nitrogens is 4. The maximum absolute atomic E-state index is 13.8. The Bertz CT molecular complexity index is 1500. The highest BCUT2D eigenvalue weighted by Gasteiger charge is 2.31. The Morgan fingerprint density at radius 3 is 2.72 bits per heavy atom. The number of hydrogen-bond acceptors (Lipinski definition) is 6. The van der Waals surface area contributed by atoms with E-state index in [1.807, 2.05) is 41.3 Å². The lowest BCUT2D eigenvalue weighted by Crippen LogP contribution is -2.33. The summed E-state index contributed by atoms with van der Waals surface area (Å²) in [5.41, 5.74) is 4.04. The van der Waals surface area contributed by atoms with Gasteiger partial charge >= 0.3 is 0 Å². The largest absolute Gasteiger partial charge is 0.309 e. The van der Waals surface area contributed by atoms with E-state index in [1.165, 1.54) is 12.8 Å². The number of benzene rings is 1. The summed E-state index contributed by atoms with van der Waals surface area (Å²) in [4.78, 5) is 35.1. The zero-order valence-corrected chi connectivity index (χ0v) is 20.6. The standard InChI is InChI=1S/C28H25N5O2S/c34-24(14-17-8-9-17)25-15-18-12-13-32(23-7-2-1-4-20(23)26(18)36-25)28(35)22-6-3-5-21(30-22)27-31-29-16-33(27)19-10-11-19/h1-7,15-17,19H,8-14H2. The normalized spacial score (nSPS) is 16.8. The number of ketones is 1. The Kier molecular flexibility index (Phi) is 5.09. The summed E-state index contributed by atoms with van der Waals surface area (Å²) in [6.07, 6.45) is 7.67. The number of carbonyl (C=O) groups excluding carboxylic acids is 2. The van der Waals surface area contributed by atoms with E-state index in [1.54, 1.807) is 23.7 Å². The molecule has 1 aliphatic heterocycles. The van der Waals surface area contributed by atoms with E-state index in [-0.39, 0.29) is 11.7 Å². The minimum Gasteiger partial charge on any atom is -0.309 e. The van der Waals surface area contributed by atoms with Crippen molar-refractivity contribution in [3.63, 3.8) is 0 Å². The monoisotopic (exact) mass is 495 g/mol. The summed E-state index contributed by atoms with van der Waals surface area (Å²) in [6.45, 7) is 0.528. The number of pyridine rings is 1. The second kappa shape index (κ2) is 8.48. The molecular formula is C28H25N5O2S. The maximum Gasteiger partial charge on any atom is 0.276 e. The number of nitrogens with zero attached hydrogens (tertiary/aromatic N) is 5. The topological polar surface area (TPSA) is 81.0 Å². The molecule has 2 saturated carbocycles. The maximum atomic E-state index is 13.8. The van der Waals surface area contributed by atoms with Crippen LogP contribution < -0.4 is 4.90 Å². The van der Waals surface area contributed by atoms with Crippen molar-refractivity contribution in [1.29, 1.82) is 0 Å². The van der Waals surface area contributed by atoms with Crippen LogP contribution in [-0.2, 0) is 6.42 Å². The first kappa shape index (κ1) is 21.6. The minimum absolute atomic E-state index is 0.137. The van der Waals surface area contributed by atoms with Gasteiger partial charge in [-0.05, 0) is 67.9 Å². The van der Waals surface area contributed by atoms with Crippen molar-refractivity contribution in [2.24, 2.45) is 5.92 Å². The second-order valence-corrected chi connectivity index (χ2v) is 11.0. The van der Waals surface area contributed by atoms with Gasteiger partial charge < -0.3 is 9.47 Å². The molecule has 0 radical (unpaired) electrons. The summed E-state index contributed by atoms with van der Waals surface area (Å²) in [6, 6.07) is 16.0. The summed E-state index contributed by atoms with van der Waals surface area (Å²) in [5, 5.41) is 8.35. The van der Waals surface area contributed by atoms with Gasteiger partial charge in [-0.2, -0.15) is 0 Å². The van der Waals surface area contributed by atoms with E-state index in [9.17, 15) is 9.59 Å². The predicted molar refractivity (Wildman–Crippen MR) is 138 cm³/mol. The molecule has 0 unspecified atom stereocenters. The highest BCUT2D eigenvalue weighted by molar-refractivity contribution is 7.17. The molecule has 1 aromatic carbocycles. The lowest BCUT2D eigenvalue weighted by Gasteiger charge is -2.22. The molecule has 0 N–H and O–H groups in total. The van der Waals surface area contributed by atoms with Crippen molar-refractivity contribution in [2.45, 2.75) is 44.6 Å². The van der Waals surface area contributed by atoms with Crippen molar-refractivity contribution in [3.05, 3.63) is 71.0 Å². The lowest BCUT2D eigenvalue weighted by atomic mass is 10.1. The van der Waals surface area contributed by atoms with Crippen molar-refractivity contribution in [2.75, 3.05) is 11.4 Å². The third-order valence-corrected chi connectivity index (χ3v) is 8.51. The van der Waals surface area contributed by atoms with Crippen LogP contribution >= 0.6 is 11.3 Å². The summed E-state index contributed by atoms with van der Waals surface area (Å²) in [7, 11) is 0. The number of Topliss-reactive ketones (excluding diaryl/α,β-unsaturated/α-hetero) is 1. The van der Waals surface area contributed by atoms with Gasteiger partial charge in [0.1, 0.15) is 17.7 Å². The van der Waals surface area contributed by atoms with Crippen LogP contribution in [0, 0.1) is 5.92 Å². The van der Waals surface area contributed by atoms with Gasteiger partial charge in [-0.3, -0.25) is 9.59 Å². The van der Waals surface area contributed by atoms with Crippen LogP contribution in [0.25, 0.3) is 22.0 Å². The fourth-order valence-electron chi connectivity index (χ4n) is 4.99. The van der Waals surface area contributed by atoms with E-state index in [4.69, 9.17) is 4.98 Å². The average Bonchev–Trinajstić information content (AvgIpc) is 3.84. The van der Waals surface area contributed by atoms with Gasteiger partial charge in [0.15, 0.2) is 11.6 Å². The quantitative estimate of drug-likeness (QED) is 0.326. The SMILES string of the molecule is O=C(CC1CC1)c1cc2c(s1)-c1ccccc1N(C(=O)c1cccc(-c3nncn3C3CC3)n1)CC2. The molecular weight excluding hydrogens is 470 g/mol. The third kappa shape index (κ3) is 3.86. The first-order valence-corrected chi connectivity index (χ1v) is 13.4. The molecule has 4 heterocycles. The smallest absolute Gasteiger partial charge is 0.276 e. The molecule has 3 aliphatic rings. The number of para-hydroxylation sites is 1. The molecule has 7 nitrogen and oxygen atoms in total. The number of fused-ring (bicyclic) bond motifs is 3. The van der Waals surface area contributed by atoms with E-state index < -0.39 is 0 Å². The van der Waals surface area contributed by atoms with Crippen molar-refractivity contribution < 1.29 is 9.59 Å². The fourth-order valence-corrected chi connectivity index (χ4v) is 6.18. The summed E-state index contributed by atoms with van der Waals surface area (Å²) >= 11 is 1.57. The number of thiophene rings is 1. The highest BCUT2D eigenvalue weighted by atomic mass is 32.1. The van der Waals surface area contributed by atoms with Crippen LogP contribution in [0.2, 0.25) is 0 Å². The zero-order valence-electron chi connectivity index (χ0n) is 19.8. The fraction of sp³-hybridized carbons (Fsp3) is 0.321. The Morgan fingerprint density at radius 2 is 1.89 bits per heavy atom. The first-order valence-electron chi connectivity index (χ1n) is 12.6. The third-order valence-electron chi connectivity index (χ3n) is 7.25. The number of carbonyl (C=O) groups is 2. The van der Waals surface area contributed by atoms with Gasteiger partial charge in [0.2, 0.25) is 0 Å². The van der Waals surface area contributed by atoms with Crippen LogP contribution in [0.3, 0.4) is 0 Å². The Balaban J connectivity index is 1.22. The molecule has 2 aliphatic carbocycles. The molecule has 0 spiro atoms. The zero-order chi connectivity index (χ0) is 24.2. The molecule has 4 aromatic rings. The molecule has 3 aromatic heterocycles. The summed E-state index contributed by atoms with van der Waals surface area (Å²) < 4.78 is 2.05. The van der Waals surface area contributed by atoms with Gasteiger partial charge in [-0.25, -0.2) is 4.98 Å². The lowest BCUT2D eigenvalue weighted by molar-refractivity contribution is 0.0972. The average molecular weight is 496 g/mol. The van der Waals surface area contributed by atoms with Crippen molar-refractivity contribution in [1.82, 2.24) is 19.7 Å². The van der Waals surface area contributed by atoms with Crippen LogP contribution in [0.1, 0.15) is 63.9 Å². The van der Waals surface area contributed by atoms with E-state index in [0.717, 1.165) is 39.4 Å². The molecule has 0 bridgehead atoms. The molecule has 2 fully saturated rings. The van der Waals surface area contributed by atoms with Gasteiger partial charge in [0, 0.05) is 29.4 Å². The van der Waals surface area contributed by atoms with Gasteiger partial charge in [0.05, 0.1) is 10.6 Å². The Morgan fingerprint density at radius 1 is 1.03 bits per heavy atom. The minimum atomic E-state index is -0.137. The van der Waals surface area contributed by atoms with Crippen molar-refractivity contribution in [3.8, 4) is 22.0 Å². The van der Waals surface area contributed by atoms with Crippen LogP contribution in [-0.4, -0.2) is 38.0 Å². The molecule has 8 heteroatoms. The van der Waals surface area contributed by atoms with Crippen LogP contribution in [0.5, 0.6) is 0 Å².